The Morgan fingerprint density at radius 2 is 2.06 bits per heavy atom. The number of sulfonamides is 1. The van der Waals surface area contributed by atoms with Crippen LogP contribution >= 0.6 is 11.3 Å². The quantitative estimate of drug-likeness (QED) is 0.935. The van der Waals surface area contributed by atoms with Gasteiger partial charge in [0.2, 0.25) is 0 Å². The Morgan fingerprint density at radius 3 is 2.65 bits per heavy atom. The monoisotopic (exact) mass is 276 g/mol. The lowest BCUT2D eigenvalue weighted by atomic mass is 10.3. The summed E-state index contributed by atoms with van der Waals surface area (Å²) < 4.78 is 51.5. The largest absolute Gasteiger partial charge is 0.266 e. The van der Waals surface area contributed by atoms with Gasteiger partial charge in [-0.3, -0.25) is 4.72 Å². The van der Waals surface area contributed by atoms with Crippen LogP contribution in [0.4, 0.5) is 13.9 Å². The zero-order valence-electron chi connectivity index (χ0n) is 8.22. The summed E-state index contributed by atoms with van der Waals surface area (Å²) in [6.07, 6.45) is 1.41. The molecule has 0 fully saturated rings. The van der Waals surface area contributed by atoms with E-state index in [-0.39, 0.29) is 5.13 Å². The van der Waals surface area contributed by atoms with Crippen molar-refractivity contribution in [2.24, 2.45) is 0 Å². The maximum atomic E-state index is 13.3. The van der Waals surface area contributed by atoms with Crippen molar-refractivity contribution < 1.29 is 17.2 Å². The summed E-state index contributed by atoms with van der Waals surface area (Å²) in [7, 11) is -4.07. The van der Waals surface area contributed by atoms with Gasteiger partial charge in [0.05, 0.1) is 0 Å². The highest BCUT2D eigenvalue weighted by Crippen LogP contribution is 2.20. The summed E-state index contributed by atoms with van der Waals surface area (Å²) in [5, 5.41) is 1.69. The first kappa shape index (κ1) is 11.9. The molecule has 0 unspecified atom stereocenters. The highest BCUT2D eigenvalue weighted by atomic mass is 32.2. The standard InChI is InChI=1S/C9H6F2N2O2S2/c10-6-1-2-8(7(11)5-6)17(14,15)13-9-12-3-4-16-9/h1-5H,(H,12,13). The van der Waals surface area contributed by atoms with Crippen molar-refractivity contribution in [2.75, 3.05) is 4.72 Å². The molecule has 2 aromatic rings. The molecular formula is C9H6F2N2O2S2. The highest BCUT2D eigenvalue weighted by molar-refractivity contribution is 7.93. The average Bonchev–Trinajstić information content (AvgIpc) is 2.68. The van der Waals surface area contributed by atoms with E-state index in [1.807, 2.05) is 0 Å². The minimum atomic E-state index is -4.07. The van der Waals surface area contributed by atoms with Gasteiger partial charge in [-0.1, -0.05) is 0 Å². The molecule has 4 nitrogen and oxygen atoms in total. The van der Waals surface area contributed by atoms with E-state index >= 15 is 0 Å². The Labute approximate surface area is 100.0 Å². The van der Waals surface area contributed by atoms with E-state index in [0.29, 0.717) is 6.07 Å². The zero-order valence-corrected chi connectivity index (χ0v) is 9.86. The fourth-order valence-corrected chi connectivity index (χ4v) is 2.99. The number of rotatable bonds is 3. The topological polar surface area (TPSA) is 59.1 Å². The molecule has 1 aromatic carbocycles. The van der Waals surface area contributed by atoms with Gasteiger partial charge in [-0.05, 0) is 12.1 Å². The van der Waals surface area contributed by atoms with E-state index in [1.54, 1.807) is 5.38 Å². The molecular weight excluding hydrogens is 270 g/mol. The van der Waals surface area contributed by atoms with Crippen molar-refractivity contribution >= 4 is 26.5 Å². The van der Waals surface area contributed by atoms with Crippen LogP contribution in [0.5, 0.6) is 0 Å². The molecule has 0 aliphatic carbocycles. The number of halogens is 2. The Kier molecular flexibility index (Phi) is 3.07. The molecule has 0 spiro atoms. The highest BCUT2D eigenvalue weighted by Gasteiger charge is 2.20. The molecule has 2 rings (SSSR count). The Bertz CT molecular complexity index is 626. The van der Waals surface area contributed by atoms with E-state index in [4.69, 9.17) is 0 Å². The van der Waals surface area contributed by atoms with Gasteiger partial charge < -0.3 is 0 Å². The second-order valence-electron chi connectivity index (χ2n) is 3.02. The first-order valence-corrected chi connectivity index (χ1v) is 6.73. The van der Waals surface area contributed by atoms with Crippen molar-refractivity contribution in [2.45, 2.75) is 4.90 Å². The van der Waals surface area contributed by atoms with Crippen LogP contribution < -0.4 is 4.72 Å². The van der Waals surface area contributed by atoms with Gasteiger partial charge in [-0.2, -0.15) is 0 Å². The van der Waals surface area contributed by atoms with Crippen LogP contribution in [-0.2, 0) is 10.0 Å². The first-order chi connectivity index (χ1) is 7.99. The van der Waals surface area contributed by atoms with Crippen LogP contribution in [0.2, 0.25) is 0 Å². The number of hydrogen-bond donors (Lipinski definition) is 1. The smallest absolute Gasteiger partial charge is 0.255 e. The molecule has 0 saturated heterocycles. The van der Waals surface area contributed by atoms with Crippen molar-refractivity contribution in [1.29, 1.82) is 0 Å². The maximum absolute atomic E-state index is 13.3. The molecule has 1 aromatic heterocycles. The Hall–Kier alpha value is -1.54. The van der Waals surface area contributed by atoms with Gasteiger partial charge in [0.15, 0.2) is 5.13 Å². The minimum absolute atomic E-state index is 0.119. The fourth-order valence-electron chi connectivity index (χ4n) is 1.14. The van der Waals surface area contributed by atoms with Gasteiger partial charge in [0, 0.05) is 17.6 Å². The number of nitrogens with zero attached hydrogens (tertiary/aromatic N) is 1. The molecule has 0 aliphatic rings. The molecule has 1 N–H and O–H groups in total. The molecule has 0 atom stereocenters. The summed E-state index contributed by atoms with van der Waals surface area (Å²) in [6.45, 7) is 0. The SMILES string of the molecule is O=S(=O)(Nc1nccs1)c1ccc(F)cc1F. The minimum Gasteiger partial charge on any atom is -0.255 e. The van der Waals surface area contributed by atoms with Crippen molar-refractivity contribution in [3.8, 4) is 0 Å². The van der Waals surface area contributed by atoms with E-state index in [9.17, 15) is 17.2 Å². The second-order valence-corrected chi connectivity index (χ2v) is 5.56. The molecule has 8 heteroatoms. The van der Waals surface area contributed by atoms with E-state index in [0.717, 1.165) is 23.5 Å². The van der Waals surface area contributed by atoms with Crippen molar-refractivity contribution in [1.82, 2.24) is 4.98 Å². The van der Waals surface area contributed by atoms with Crippen LogP contribution in [0, 0.1) is 11.6 Å². The second kappa shape index (κ2) is 4.38. The van der Waals surface area contributed by atoms with Gasteiger partial charge in [-0.15, -0.1) is 11.3 Å². The van der Waals surface area contributed by atoms with Crippen molar-refractivity contribution in [3.63, 3.8) is 0 Å². The lowest BCUT2D eigenvalue weighted by molar-refractivity contribution is 0.551. The summed E-state index contributed by atoms with van der Waals surface area (Å²) in [6, 6.07) is 2.25. The molecule has 1 heterocycles. The molecule has 90 valence electrons. The summed E-state index contributed by atoms with van der Waals surface area (Å²) >= 11 is 1.06. The van der Waals surface area contributed by atoms with Gasteiger partial charge >= 0.3 is 0 Å². The lowest BCUT2D eigenvalue weighted by Gasteiger charge is -2.05. The molecule has 0 saturated carbocycles. The number of nitrogens with one attached hydrogen (secondary N) is 1. The van der Waals surface area contributed by atoms with E-state index < -0.39 is 26.6 Å². The molecule has 0 radical (unpaired) electrons. The van der Waals surface area contributed by atoms with Crippen LogP contribution in [-0.4, -0.2) is 13.4 Å². The Morgan fingerprint density at radius 1 is 1.29 bits per heavy atom. The number of benzene rings is 1. The molecule has 0 bridgehead atoms. The van der Waals surface area contributed by atoms with E-state index in [2.05, 4.69) is 9.71 Å². The van der Waals surface area contributed by atoms with Crippen LogP contribution in [0.25, 0.3) is 0 Å². The Balaban J connectivity index is 2.38. The predicted molar refractivity (Wildman–Crippen MR) is 59.3 cm³/mol. The summed E-state index contributed by atoms with van der Waals surface area (Å²) in [5.41, 5.74) is 0. The number of hydrogen-bond acceptors (Lipinski definition) is 4. The first-order valence-electron chi connectivity index (χ1n) is 4.36. The van der Waals surface area contributed by atoms with Crippen LogP contribution in [0.1, 0.15) is 0 Å². The third kappa shape index (κ3) is 2.59. The maximum Gasteiger partial charge on any atom is 0.266 e. The summed E-state index contributed by atoms with van der Waals surface area (Å²) in [4.78, 5) is 3.09. The third-order valence-electron chi connectivity index (χ3n) is 1.84. The van der Waals surface area contributed by atoms with Crippen LogP contribution in [0.3, 0.4) is 0 Å². The third-order valence-corrected chi connectivity index (χ3v) is 4.03. The predicted octanol–water partition coefficient (Wildman–Crippen LogP) is 2.22. The van der Waals surface area contributed by atoms with E-state index in [1.165, 1.54) is 6.20 Å². The van der Waals surface area contributed by atoms with Gasteiger partial charge in [0.25, 0.3) is 10.0 Å². The fraction of sp³-hybridized carbons (Fsp3) is 0. The van der Waals surface area contributed by atoms with Crippen molar-refractivity contribution in [3.05, 3.63) is 41.4 Å². The van der Waals surface area contributed by atoms with Crippen LogP contribution in [0.15, 0.2) is 34.7 Å². The number of aromatic nitrogens is 1. The number of thiazole rings is 1. The average molecular weight is 276 g/mol. The lowest BCUT2D eigenvalue weighted by Crippen LogP contribution is -2.14. The molecule has 0 aliphatic heterocycles. The normalized spacial score (nSPS) is 11.4. The summed E-state index contributed by atoms with van der Waals surface area (Å²) in [5.74, 6) is -1.98. The van der Waals surface area contributed by atoms with Gasteiger partial charge in [-0.25, -0.2) is 22.2 Å². The van der Waals surface area contributed by atoms with Gasteiger partial charge in [0.1, 0.15) is 16.5 Å². The molecule has 0 amide bonds. The number of anilines is 1. The zero-order chi connectivity index (χ0) is 12.5. The molecule has 17 heavy (non-hydrogen) atoms.